The second kappa shape index (κ2) is 6.83. The number of hydrogen-bond donors (Lipinski definition) is 2. The van der Waals surface area contributed by atoms with E-state index >= 15 is 0 Å². The molecule has 1 atom stereocenters. The first kappa shape index (κ1) is 13.5. The molecule has 2 rings (SSSR count). The molecule has 3 nitrogen and oxygen atoms in total. The predicted molar refractivity (Wildman–Crippen MR) is 67.8 cm³/mol. The topological polar surface area (TPSA) is 41.5 Å². The van der Waals surface area contributed by atoms with E-state index in [0.717, 1.165) is 12.1 Å². The van der Waals surface area contributed by atoms with Crippen LogP contribution in [0.25, 0.3) is 0 Å². The van der Waals surface area contributed by atoms with Gasteiger partial charge in [-0.15, -0.1) is 0 Å². The molecule has 1 aromatic rings. The Morgan fingerprint density at radius 1 is 1.28 bits per heavy atom. The minimum absolute atomic E-state index is 0.0595. The Labute approximate surface area is 107 Å². The van der Waals surface area contributed by atoms with Gasteiger partial charge in [0, 0.05) is 12.6 Å². The van der Waals surface area contributed by atoms with Crippen molar-refractivity contribution >= 4 is 0 Å². The molecule has 0 aliphatic heterocycles. The van der Waals surface area contributed by atoms with Gasteiger partial charge in [-0.05, 0) is 36.5 Å². The summed E-state index contributed by atoms with van der Waals surface area (Å²) in [5, 5.41) is 12.0. The molecule has 0 aromatic heterocycles. The SMILES string of the molecule is OCCOCCNC(c1ccc(F)cc1)C1CC1. The highest BCUT2D eigenvalue weighted by molar-refractivity contribution is 5.21. The van der Waals surface area contributed by atoms with Gasteiger partial charge < -0.3 is 15.2 Å². The number of nitrogens with one attached hydrogen (secondary N) is 1. The summed E-state index contributed by atoms with van der Waals surface area (Å²) < 4.78 is 18.1. The van der Waals surface area contributed by atoms with Crippen molar-refractivity contribution in [3.05, 3.63) is 35.6 Å². The van der Waals surface area contributed by atoms with Crippen molar-refractivity contribution in [2.45, 2.75) is 18.9 Å². The predicted octanol–water partition coefficient (Wildman–Crippen LogP) is 1.88. The first-order chi connectivity index (χ1) is 8.81. The molecule has 0 saturated heterocycles. The number of hydrogen-bond acceptors (Lipinski definition) is 3. The molecule has 0 bridgehead atoms. The van der Waals surface area contributed by atoms with Crippen LogP contribution in [0.1, 0.15) is 24.4 Å². The normalized spacial score (nSPS) is 16.8. The first-order valence-corrected chi connectivity index (χ1v) is 6.48. The number of aliphatic hydroxyl groups is 1. The lowest BCUT2D eigenvalue weighted by molar-refractivity contribution is 0.0922. The molecule has 0 radical (unpaired) electrons. The third-order valence-electron chi connectivity index (χ3n) is 3.17. The summed E-state index contributed by atoms with van der Waals surface area (Å²) in [4.78, 5) is 0. The lowest BCUT2D eigenvalue weighted by Gasteiger charge is -2.18. The second-order valence-corrected chi connectivity index (χ2v) is 4.66. The molecule has 1 unspecified atom stereocenters. The second-order valence-electron chi connectivity index (χ2n) is 4.66. The Balaban J connectivity index is 1.82. The van der Waals surface area contributed by atoms with Crippen LogP contribution in [-0.2, 0) is 4.74 Å². The third kappa shape index (κ3) is 4.05. The minimum Gasteiger partial charge on any atom is -0.394 e. The minimum atomic E-state index is -0.195. The summed E-state index contributed by atoms with van der Waals surface area (Å²) in [6, 6.07) is 7.01. The van der Waals surface area contributed by atoms with E-state index in [9.17, 15) is 4.39 Å². The standard InChI is InChI=1S/C14H20FNO2/c15-13-5-3-12(4-6-13)14(11-1-2-11)16-7-9-18-10-8-17/h3-6,11,14,16-17H,1-2,7-10H2. The fourth-order valence-electron chi connectivity index (χ4n) is 2.11. The third-order valence-corrected chi connectivity index (χ3v) is 3.17. The van der Waals surface area contributed by atoms with Crippen LogP contribution in [0, 0.1) is 11.7 Å². The highest BCUT2D eigenvalue weighted by Crippen LogP contribution is 2.40. The summed E-state index contributed by atoms with van der Waals surface area (Å²) >= 11 is 0. The van der Waals surface area contributed by atoms with Gasteiger partial charge in [-0.25, -0.2) is 4.39 Å². The Morgan fingerprint density at radius 3 is 2.61 bits per heavy atom. The van der Waals surface area contributed by atoms with Crippen LogP contribution in [0.15, 0.2) is 24.3 Å². The van der Waals surface area contributed by atoms with Gasteiger partial charge in [0.2, 0.25) is 0 Å². The average molecular weight is 253 g/mol. The van der Waals surface area contributed by atoms with Crippen LogP contribution >= 0.6 is 0 Å². The van der Waals surface area contributed by atoms with Crippen molar-refractivity contribution in [1.29, 1.82) is 0 Å². The molecule has 2 N–H and O–H groups in total. The van der Waals surface area contributed by atoms with Crippen molar-refractivity contribution in [2.75, 3.05) is 26.4 Å². The lowest BCUT2D eigenvalue weighted by atomic mass is 10.0. The molecule has 0 amide bonds. The van der Waals surface area contributed by atoms with Crippen molar-refractivity contribution in [3.63, 3.8) is 0 Å². The summed E-state index contributed by atoms with van der Waals surface area (Å²) in [5.74, 6) is 0.466. The summed E-state index contributed by atoms with van der Waals surface area (Å²) in [7, 11) is 0. The van der Waals surface area contributed by atoms with Gasteiger partial charge in [-0.1, -0.05) is 12.1 Å². The molecule has 1 fully saturated rings. The Morgan fingerprint density at radius 2 is 2.00 bits per heavy atom. The van der Waals surface area contributed by atoms with Gasteiger partial charge in [0.05, 0.1) is 19.8 Å². The number of aliphatic hydroxyl groups excluding tert-OH is 1. The fraction of sp³-hybridized carbons (Fsp3) is 0.571. The highest BCUT2D eigenvalue weighted by atomic mass is 19.1. The Kier molecular flexibility index (Phi) is 5.11. The lowest BCUT2D eigenvalue weighted by Crippen LogP contribution is -2.27. The van der Waals surface area contributed by atoms with Crippen LogP contribution in [-0.4, -0.2) is 31.5 Å². The molecule has 0 spiro atoms. The first-order valence-electron chi connectivity index (χ1n) is 6.48. The van der Waals surface area contributed by atoms with E-state index in [0.29, 0.717) is 25.2 Å². The van der Waals surface area contributed by atoms with Gasteiger partial charge in [0.1, 0.15) is 5.82 Å². The summed E-state index contributed by atoms with van der Waals surface area (Å²) in [6.45, 7) is 1.78. The smallest absolute Gasteiger partial charge is 0.123 e. The molecule has 100 valence electrons. The fourth-order valence-corrected chi connectivity index (χ4v) is 2.11. The summed E-state index contributed by atoms with van der Waals surface area (Å²) in [5.41, 5.74) is 1.14. The van der Waals surface area contributed by atoms with Crippen LogP contribution in [0.5, 0.6) is 0 Å². The maximum Gasteiger partial charge on any atom is 0.123 e. The van der Waals surface area contributed by atoms with Crippen LogP contribution in [0.4, 0.5) is 4.39 Å². The van der Waals surface area contributed by atoms with E-state index < -0.39 is 0 Å². The molecule has 0 heterocycles. The zero-order chi connectivity index (χ0) is 12.8. The number of rotatable bonds is 8. The van der Waals surface area contributed by atoms with Gasteiger partial charge in [-0.2, -0.15) is 0 Å². The maximum atomic E-state index is 12.9. The maximum absolute atomic E-state index is 12.9. The number of ether oxygens (including phenoxy) is 1. The largest absolute Gasteiger partial charge is 0.394 e. The molecule has 18 heavy (non-hydrogen) atoms. The van der Waals surface area contributed by atoms with E-state index in [4.69, 9.17) is 9.84 Å². The Bertz CT molecular complexity index is 351. The van der Waals surface area contributed by atoms with Crippen LogP contribution in [0.2, 0.25) is 0 Å². The molecule has 1 aliphatic rings. The molecule has 4 heteroatoms. The number of benzene rings is 1. The Hall–Kier alpha value is -0.970. The molecular weight excluding hydrogens is 233 g/mol. The van der Waals surface area contributed by atoms with Gasteiger partial charge in [0.15, 0.2) is 0 Å². The van der Waals surface area contributed by atoms with E-state index in [1.807, 2.05) is 12.1 Å². The average Bonchev–Trinajstić information content (AvgIpc) is 3.20. The van der Waals surface area contributed by atoms with E-state index in [1.54, 1.807) is 0 Å². The van der Waals surface area contributed by atoms with Crippen molar-refractivity contribution in [2.24, 2.45) is 5.92 Å². The van der Waals surface area contributed by atoms with Gasteiger partial charge >= 0.3 is 0 Å². The zero-order valence-corrected chi connectivity index (χ0v) is 10.4. The molecule has 1 aliphatic carbocycles. The van der Waals surface area contributed by atoms with Crippen LogP contribution in [0.3, 0.4) is 0 Å². The number of halogens is 1. The van der Waals surface area contributed by atoms with Crippen molar-refractivity contribution < 1.29 is 14.2 Å². The van der Waals surface area contributed by atoms with Crippen molar-refractivity contribution in [3.8, 4) is 0 Å². The quantitative estimate of drug-likeness (QED) is 0.695. The molecular formula is C14H20FNO2. The van der Waals surface area contributed by atoms with E-state index in [-0.39, 0.29) is 12.4 Å². The highest BCUT2D eigenvalue weighted by Gasteiger charge is 2.31. The molecule has 1 aromatic carbocycles. The van der Waals surface area contributed by atoms with Gasteiger partial charge in [-0.3, -0.25) is 0 Å². The zero-order valence-electron chi connectivity index (χ0n) is 10.4. The van der Waals surface area contributed by atoms with E-state index in [1.165, 1.54) is 25.0 Å². The van der Waals surface area contributed by atoms with Crippen molar-refractivity contribution in [1.82, 2.24) is 5.32 Å². The van der Waals surface area contributed by atoms with Gasteiger partial charge in [0.25, 0.3) is 0 Å². The molecule has 1 saturated carbocycles. The monoisotopic (exact) mass is 253 g/mol. The van der Waals surface area contributed by atoms with E-state index in [2.05, 4.69) is 5.32 Å². The summed E-state index contributed by atoms with van der Waals surface area (Å²) in [6.07, 6.45) is 2.46. The van der Waals surface area contributed by atoms with Crippen LogP contribution < -0.4 is 5.32 Å².